The van der Waals surface area contributed by atoms with Gasteiger partial charge in [-0.1, -0.05) is 35.9 Å². The van der Waals surface area contributed by atoms with Crippen molar-refractivity contribution in [2.45, 2.75) is 13.3 Å². The summed E-state index contributed by atoms with van der Waals surface area (Å²) in [5, 5.41) is 3.53. The molecule has 0 aliphatic rings. The first-order valence-electron chi connectivity index (χ1n) is 6.35. The number of rotatable bonds is 4. The SMILES string of the molecule is Cc1ccccc1CCNC(=O)c1ccc(I)c(Cl)c1. The van der Waals surface area contributed by atoms with Crippen molar-refractivity contribution in [3.8, 4) is 0 Å². The zero-order valence-electron chi connectivity index (χ0n) is 11.1. The van der Waals surface area contributed by atoms with Crippen LogP contribution in [0.4, 0.5) is 0 Å². The molecule has 0 unspecified atom stereocenters. The Balaban J connectivity index is 1.92. The van der Waals surface area contributed by atoms with Gasteiger partial charge < -0.3 is 5.32 Å². The predicted molar refractivity (Wildman–Crippen MR) is 91.4 cm³/mol. The lowest BCUT2D eigenvalue weighted by Crippen LogP contribution is -2.25. The fourth-order valence-corrected chi connectivity index (χ4v) is 2.46. The highest BCUT2D eigenvalue weighted by Gasteiger charge is 2.07. The predicted octanol–water partition coefficient (Wildman–Crippen LogP) is 4.23. The Kier molecular flexibility index (Phi) is 5.43. The molecule has 0 spiro atoms. The minimum absolute atomic E-state index is 0.0862. The number of amides is 1. The Labute approximate surface area is 137 Å². The summed E-state index contributed by atoms with van der Waals surface area (Å²) in [6, 6.07) is 13.5. The molecule has 0 saturated heterocycles. The lowest BCUT2D eigenvalue weighted by atomic mass is 10.1. The van der Waals surface area contributed by atoms with Crippen molar-refractivity contribution < 1.29 is 4.79 Å². The van der Waals surface area contributed by atoms with E-state index in [0.717, 1.165) is 9.99 Å². The van der Waals surface area contributed by atoms with E-state index < -0.39 is 0 Å². The molecule has 0 aromatic heterocycles. The van der Waals surface area contributed by atoms with E-state index in [2.05, 4.69) is 47.0 Å². The van der Waals surface area contributed by atoms with Gasteiger partial charge in [-0.25, -0.2) is 0 Å². The van der Waals surface area contributed by atoms with Crippen LogP contribution in [0, 0.1) is 10.5 Å². The quantitative estimate of drug-likeness (QED) is 0.766. The summed E-state index contributed by atoms with van der Waals surface area (Å²) in [5.41, 5.74) is 3.10. The van der Waals surface area contributed by atoms with Crippen LogP contribution in [0.2, 0.25) is 5.02 Å². The van der Waals surface area contributed by atoms with Gasteiger partial charge >= 0.3 is 0 Å². The van der Waals surface area contributed by atoms with Gasteiger partial charge in [0.2, 0.25) is 0 Å². The van der Waals surface area contributed by atoms with E-state index in [-0.39, 0.29) is 5.91 Å². The molecule has 20 heavy (non-hydrogen) atoms. The molecule has 2 aromatic carbocycles. The van der Waals surface area contributed by atoms with E-state index in [9.17, 15) is 4.79 Å². The first kappa shape index (κ1) is 15.3. The minimum atomic E-state index is -0.0862. The van der Waals surface area contributed by atoms with Crippen molar-refractivity contribution in [2.24, 2.45) is 0 Å². The number of nitrogens with one attached hydrogen (secondary N) is 1. The van der Waals surface area contributed by atoms with E-state index in [1.54, 1.807) is 12.1 Å². The molecule has 2 nitrogen and oxygen atoms in total. The summed E-state index contributed by atoms with van der Waals surface area (Å²) in [5.74, 6) is -0.0862. The van der Waals surface area contributed by atoms with Crippen molar-refractivity contribution >= 4 is 40.1 Å². The zero-order chi connectivity index (χ0) is 14.5. The van der Waals surface area contributed by atoms with Crippen molar-refractivity contribution in [2.75, 3.05) is 6.54 Å². The Bertz CT molecular complexity index is 628. The standard InChI is InChI=1S/C16H15ClINO/c1-11-4-2-3-5-12(11)8-9-19-16(20)13-6-7-15(18)14(17)10-13/h2-7,10H,8-9H2,1H3,(H,19,20). The molecule has 0 radical (unpaired) electrons. The summed E-state index contributed by atoms with van der Waals surface area (Å²) in [7, 11) is 0. The molecule has 0 saturated carbocycles. The van der Waals surface area contributed by atoms with Crippen molar-refractivity contribution in [3.63, 3.8) is 0 Å². The Morgan fingerprint density at radius 3 is 2.70 bits per heavy atom. The van der Waals surface area contributed by atoms with E-state index >= 15 is 0 Å². The van der Waals surface area contributed by atoms with Crippen LogP contribution in [0.5, 0.6) is 0 Å². The largest absolute Gasteiger partial charge is 0.352 e. The first-order chi connectivity index (χ1) is 9.58. The molecule has 0 heterocycles. The fourth-order valence-electron chi connectivity index (χ4n) is 1.94. The van der Waals surface area contributed by atoms with Crippen molar-refractivity contribution in [1.29, 1.82) is 0 Å². The van der Waals surface area contributed by atoms with Gasteiger partial charge in [-0.2, -0.15) is 0 Å². The third kappa shape index (κ3) is 3.96. The van der Waals surface area contributed by atoms with Gasteiger partial charge in [0.05, 0.1) is 5.02 Å². The van der Waals surface area contributed by atoms with Crippen LogP contribution in [-0.2, 0) is 6.42 Å². The van der Waals surface area contributed by atoms with Gasteiger partial charge in [-0.05, 0) is 65.3 Å². The van der Waals surface area contributed by atoms with Crippen LogP contribution in [0.3, 0.4) is 0 Å². The lowest BCUT2D eigenvalue weighted by molar-refractivity contribution is 0.0954. The lowest BCUT2D eigenvalue weighted by Gasteiger charge is -2.08. The second kappa shape index (κ2) is 7.09. The molecule has 0 atom stereocenters. The molecule has 1 amide bonds. The second-order valence-electron chi connectivity index (χ2n) is 4.56. The maximum Gasteiger partial charge on any atom is 0.251 e. The molecule has 0 bridgehead atoms. The number of carbonyl (C=O) groups excluding carboxylic acids is 1. The number of hydrogen-bond acceptors (Lipinski definition) is 1. The maximum atomic E-state index is 12.0. The smallest absolute Gasteiger partial charge is 0.251 e. The fraction of sp³-hybridized carbons (Fsp3) is 0.188. The van der Waals surface area contributed by atoms with Crippen molar-refractivity contribution in [1.82, 2.24) is 5.32 Å². The Hall–Kier alpha value is -1.07. The monoisotopic (exact) mass is 399 g/mol. The topological polar surface area (TPSA) is 29.1 Å². The molecule has 2 aromatic rings. The highest BCUT2D eigenvalue weighted by atomic mass is 127. The maximum absolute atomic E-state index is 12.0. The summed E-state index contributed by atoms with van der Waals surface area (Å²) in [6.07, 6.45) is 0.830. The average Bonchev–Trinajstić information content (AvgIpc) is 2.44. The van der Waals surface area contributed by atoms with Gasteiger partial charge in [0.15, 0.2) is 0 Å². The molecule has 0 aliphatic carbocycles. The van der Waals surface area contributed by atoms with E-state index in [0.29, 0.717) is 17.1 Å². The molecule has 0 aliphatic heterocycles. The van der Waals surface area contributed by atoms with Gasteiger partial charge in [0.25, 0.3) is 5.91 Å². The van der Waals surface area contributed by atoms with E-state index in [4.69, 9.17) is 11.6 Å². The summed E-state index contributed by atoms with van der Waals surface area (Å²) in [6.45, 7) is 2.70. The van der Waals surface area contributed by atoms with Crippen LogP contribution in [0.15, 0.2) is 42.5 Å². The summed E-state index contributed by atoms with van der Waals surface area (Å²) < 4.78 is 0.945. The molecule has 2 rings (SSSR count). The number of hydrogen-bond donors (Lipinski definition) is 1. The molecular formula is C16H15ClINO. The van der Waals surface area contributed by atoms with Crippen LogP contribution < -0.4 is 5.32 Å². The molecule has 1 N–H and O–H groups in total. The third-order valence-electron chi connectivity index (χ3n) is 3.12. The van der Waals surface area contributed by atoms with Gasteiger partial charge in [0.1, 0.15) is 0 Å². The van der Waals surface area contributed by atoms with Crippen LogP contribution in [0.25, 0.3) is 0 Å². The number of benzene rings is 2. The Morgan fingerprint density at radius 1 is 1.25 bits per heavy atom. The average molecular weight is 400 g/mol. The first-order valence-corrected chi connectivity index (χ1v) is 7.81. The normalized spacial score (nSPS) is 10.3. The van der Waals surface area contributed by atoms with Gasteiger partial charge in [-0.15, -0.1) is 0 Å². The summed E-state index contributed by atoms with van der Waals surface area (Å²) in [4.78, 5) is 12.0. The summed E-state index contributed by atoms with van der Waals surface area (Å²) >= 11 is 8.16. The van der Waals surface area contributed by atoms with Gasteiger partial charge in [0, 0.05) is 15.7 Å². The van der Waals surface area contributed by atoms with Gasteiger partial charge in [-0.3, -0.25) is 4.79 Å². The Morgan fingerprint density at radius 2 is 2.00 bits per heavy atom. The van der Waals surface area contributed by atoms with Crippen LogP contribution in [0.1, 0.15) is 21.5 Å². The molecule has 0 fully saturated rings. The van der Waals surface area contributed by atoms with Crippen molar-refractivity contribution in [3.05, 3.63) is 67.7 Å². The zero-order valence-corrected chi connectivity index (χ0v) is 14.0. The number of carbonyl (C=O) groups is 1. The highest BCUT2D eigenvalue weighted by molar-refractivity contribution is 14.1. The molecular weight excluding hydrogens is 385 g/mol. The molecule has 4 heteroatoms. The number of aryl methyl sites for hydroxylation is 1. The second-order valence-corrected chi connectivity index (χ2v) is 6.13. The molecule has 104 valence electrons. The van der Waals surface area contributed by atoms with Crippen LogP contribution >= 0.6 is 34.2 Å². The number of halogens is 2. The minimum Gasteiger partial charge on any atom is -0.352 e. The third-order valence-corrected chi connectivity index (χ3v) is 4.70. The highest BCUT2D eigenvalue weighted by Crippen LogP contribution is 2.19. The van der Waals surface area contributed by atoms with E-state index in [1.807, 2.05) is 18.2 Å². The van der Waals surface area contributed by atoms with Crippen LogP contribution in [-0.4, -0.2) is 12.5 Å². The van der Waals surface area contributed by atoms with E-state index in [1.165, 1.54) is 11.1 Å².